The third-order valence-electron chi connectivity index (χ3n) is 3.75. The van der Waals surface area contributed by atoms with Crippen molar-refractivity contribution in [3.63, 3.8) is 0 Å². The summed E-state index contributed by atoms with van der Waals surface area (Å²) < 4.78 is 2.30. The molecule has 0 saturated carbocycles. The minimum Gasteiger partial charge on any atom is -0.205 e. The Bertz CT molecular complexity index is 473. The van der Waals surface area contributed by atoms with Gasteiger partial charge >= 0.3 is 0 Å². The molecule has 2 aromatic rings. The third kappa shape index (κ3) is 5.16. The van der Waals surface area contributed by atoms with Crippen molar-refractivity contribution >= 4 is 0 Å². The smallest absolute Gasteiger partial charge is 0.169 e. The Morgan fingerprint density at radius 3 is 2.10 bits per heavy atom. The van der Waals surface area contributed by atoms with Gasteiger partial charge in [-0.15, -0.1) is 0 Å². The van der Waals surface area contributed by atoms with Gasteiger partial charge in [0.2, 0.25) is 0 Å². The Morgan fingerprint density at radius 2 is 1.40 bits per heavy atom. The molecule has 1 nitrogen and oxygen atoms in total. The van der Waals surface area contributed by atoms with Gasteiger partial charge in [0.05, 0.1) is 0 Å². The van der Waals surface area contributed by atoms with Gasteiger partial charge in [0.1, 0.15) is 6.54 Å². The molecule has 0 radical (unpaired) electrons. The third-order valence-corrected chi connectivity index (χ3v) is 3.75. The second-order valence-electron chi connectivity index (χ2n) is 5.49. The van der Waals surface area contributed by atoms with E-state index in [0.717, 1.165) is 13.0 Å². The van der Waals surface area contributed by atoms with E-state index >= 15 is 0 Å². The minimum atomic E-state index is 1.10. The lowest BCUT2D eigenvalue weighted by atomic mass is 10.1. The van der Waals surface area contributed by atoms with E-state index in [1.165, 1.54) is 43.2 Å². The highest BCUT2D eigenvalue weighted by molar-refractivity contribution is 5.14. The quantitative estimate of drug-likeness (QED) is 0.495. The van der Waals surface area contributed by atoms with Crippen LogP contribution in [0.2, 0.25) is 0 Å². The highest BCUT2D eigenvalue weighted by Crippen LogP contribution is 2.05. The molecule has 0 unspecified atom stereocenters. The van der Waals surface area contributed by atoms with Crippen LogP contribution in [0.1, 0.15) is 43.7 Å². The van der Waals surface area contributed by atoms with Crippen LogP contribution < -0.4 is 4.57 Å². The van der Waals surface area contributed by atoms with Gasteiger partial charge in [-0.1, -0.05) is 50.1 Å². The van der Waals surface area contributed by atoms with Gasteiger partial charge in [-0.3, -0.25) is 0 Å². The maximum atomic E-state index is 2.30. The molecule has 1 heteroatoms. The molecule has 0 saturated heterocycles. The van der Waals surface area contributed by atoms with Crippen LogP contribution >= 0.6 is 0 Å². The molecule has 0 aliphatic carbocycles. The van der Waals surface area contributed by atoms with Gasteiger partial charge in [0, 0.05) is 18.6 Å². The van der Waals surface area contributed by atoms with Crippen LogP contribution in [0.4, 0.5) is 0 Å². The van der Waals surface area contributed by atoms with E-state index in [1.54, 1.807) is 0 Å². The number of pyridine rings is 1. The topological polar surface area (TPSA) is 3.88 Å². The molecule has 0 atom stereocenters. The van der Waals surface area contributed by atoms with Gasteiger partial charge in [0.25, 0.3) is 0 Å². The Hall–Kier alpha value is -1.63. The molecule has 0 amide bonds. The van der Waals surface area contributed by atoms with Crippen molar-refractivity contribution in [2.75, 3.05) is 0 Å². The number of aromatic nitrogens is 1. The summed E-state index contributed by atoms with van der Waals surface area (Å²) in [6, 6.07) is 15.3. The predicted octanol–water partition coefficient (Wildman–Crippen LogP) is 4.34. The fraction of sp³-hybridized carbons (Fsp3) is 0.421. The zero-order chi connectivity index (χ0) is 14.0. The van der Waals surface area contributed by atoms with Gasteiger partial charge in [0.15, 0.2) is 12.4 Å². The lowest BCUT2D eigenvalue weighted by Gasteiger charge is -2.01. The van der Waals surface area contributed by atoms with E-state index in [0.29, 0.717) is 0 Å². The van der Waals surface area contributed by atoms with Crippen LogP contribution in [0, 0.1) is 0 Å². The SMILES string of the molecule is CCCCCc1cc[n+](CCCc2ccccc2)cc1. The molecule has 0 spiro atoms. The van der Waals surface area contributed by atoms with Crippen molar-refractivity contribution in [2.24, 2.45) is 0 Å². The lowest BCUT2D eigenvalue weighted by Crippen LogP contribution is -2.32. The summed E-state index contributed by atoms with van der Waals surface area (Å²) in [7, 11) is 0. The number of aryl methyl sites for hydroxylation is 3. The number of hydrogen-bond donors (Lipinski definition) is 0. The van der Waals surface area contributed by atoms with Crippen LogP contribution in [-0.4, -0.2) is 0 Å². The molecule has 1 aromatic heterocycles. The van der Waals surface area contributed by atoms with Crippen molar-refractivity contribution in [3.8, 4) is 0 Å². The molecule has 20 heavy (non-hydrogen) atoms. The summed E-state index contributed by atoms with van der Waals surface area (Å²) in [6.45, 7) is 3.36. The summed E-state index contributed by atoms with van der Waals surface area (Å²) in [5, 5.41) is 0. The van der Waals surface area contributed by atoms with Gasteiger partial charge in [-0.2, -0.15) is 0 Å². The second-order valence-corrected chi connectivity index (χ2v) is 5.49. The number of benzene rings is 1. The first kappa shape index (κ1) is 14.8. The van der Waals surface area contributed by atoms with E-state index in [9.17, 15) is 0 Å². The highest BCUT2D eigenvalue weighted by Gasteiger charge is 2.01. The van der Waals surface area contributed by atoms with E-state index in [-0.39, 0.29) is 0 Å². The Morgan fingerprint density at radius 1 is 0.750 bits per heavy atom. The fourth-order valence-corrected chi connectivity index (χ4v) is 2.49. The summed E-state index contributed by atoms with van der Waals surface area (Å²) in [5.41, 5.74) is 2.90. The average Bonchev–Trinajstić information content (AvgIpc) is 2.50. The van der Waals surface area contributed by atoms with Crippen molar-refractivity contribution in [1.82, 2.24) is 0 Å². The summed E-state index contributed by atoms with van der Waals surface area (Å²) in [4.78, 5) is 0. The Kier molecular flexibility index (Phi) is 6.30. The molecular weight excluding hydrogens is 242 g/mol. The average molecular weight is 268 g/mol. The predicted molar refractivity (Wildman–Crippen MR) is 84.6 cm³/mol. The van der Waals surface area contributed by atoms with Crippen LogP contribution in [0.25, 0.3) is 0 Å². The number of nitrogens with zero attached hydrogens (tertiary/aromatic N) is 1. The molecule has 0 aliphatic heterocycles. The first-order valence-electron chi connectivity index (χ1n) is 7.90. The molecule has 2 rings (SSSR count). The number of rotatable bonds is 8. The maximum absolute atomic E-state index is 2.30. The summed E-state index contributed by atoms with van der Waals surface area (Å²) in [5.74, 6) is 0. The largest absolute Gasteiger partial charge is 0.205 e. The van der Waals surface area contributed by atoms with Crippen molar-refractivity contribution in [2.45, 2.75) is 52.0 Å². The lowest BCUT2D eigenvalue weighted by molar-refractivity contribution is -0.697. The van der Waals surface area contributed by atoms with E-state index < -0.39 is 0 Å². The first-order valence-corrected chi connectivity index (χ1v) is 7.90. The molecular formula is C19H26N+. The summed E-state index contributed by atoms with van der Waals surface area (Å²) >= 11 is 0. The standard InChI is InChI=1S/C19H26N/c1-2-3-5-9-19-13-16-20(17-14-19)15-8-12-18-10-6-4-7-11-18/h4,6-7,10-11,13-14,16-17H,2-3,5,8-9,12,15H2,1H3/q+1. The van der Waals surface area contributed by atoms with Crippen LogP contribution in [0.15, 0.2) is 54.9 Å². The van der Waals surface area contributed by atoms with E-state index in [2.05, 4.69) is 66.3 Å². The van der Waals surface area contributed by atoms with Crippen LogP contribution in [-0.2, 0) is 19.4 Å². The molecule has 0 N–H and O–H groups in total. The number of unbranched alkanes of at least 4 members (excludes halogenated alkanes) is 2. The molecule has 106 valence electrons. The second kappa shape index (κ2) is 8.52. The summed E-state index contributed by atoms with van der Waals surface area (Å²) in [6.07, 6.45) is 12.0. The highest BCUT2D eigenvalue weighted by atomic mass is 14.9. The molecule has 1 heterocycles. The number of hydrogen-bond acceptors (Lipinski definition) is 0. The minimum absolute atomic E-state index is 1.10. The monoisotopic (exact) mass is 268 g/mol. The van der Waals surface area contributed by atoms with Crippen LogP contribution in [0.5, 0.6) is 0 Å². The molecule has 0 fully saturated rings. The Balaban J connectivity index is 1.73. The maximum Gasteiger partial charge on any atom is 0.169 e. The van der Waals surface area contributed by atoms with E-state index in [1.807, 2.05) is 0 Å². The zero-order valence-corrected chi connectivity index (χ0v) is 12.6. The molecule has 1 aromatic carbocycles. The fourth-order valence-electron chi connectivity index (χ4n) is 2.49. The van der Waals surface area contributed by atoms with E-state index in [4.69, 9.17) is 0 Å². The van der Waals surface area contributed by atoms with Gasteiger partial charge in [-0.25, -0.2) is 4.57 Å². The van der Waals surface area contributed by atoms with Gasteiger partial charge in [-0.05, 0) is 30.4 Å². The zero-order valence-electron chi connectivity index (χ0n) is 12.6. The van der Waals surface area contributed by atoms with Crippen molar-refractivity contribution in [3.05, 3.63) is 66.0 Å². The first-order chi connectivity index (χ1) is 9.88. The normalized spacial score (nSPS) is 10.7. The molecule has 0 bridgehead atoms. The van der Waals surface area contributed by atoms with Crippen LogP contribution in [0.3, 0.4) is 0 Å². The molecule has 0 aliphatic rings. The Labute approximate surface area is 123 Å². The van der Waals surface area contributed by atoms with Crippen molar-refractivity contribution in [1.29, 1.82) is 0 Å². The van der Waals surface area contributed by atoms with Gasteiger partial charge < -0.3 is 0 Å². The van der Waals surface area contributed by atoms with Crippen molar-refractivity contribution < 1.29 is 4.57 Å².